The first kappa shape index (κ1) is 19.0. The van der Waals surface area contributed by atoms with E-state index < -0.39 is 22.0 Å². The Balaban J connectivity index is 2.26. The maximum absolute atomic E-state index is 12.5. The lowest BCUT2D eigenvalue weighted by Crippen LogP contribution is -2.30. The number of carboxylic acids is 1. The molecule has 0 amide bonds. The molecule has 6 nitrogen and oxygen atoms in total. The summed E-state index contributed by atoms with van der Waals surface area (Å²) in [6.07, 6.45) is -0.353. The summed E-state index contributed by atoms with van der Waals surface area (Å²) in [5.74, 6) is -0.456. The minimum absolute atomic E-state index is 0.0113. The standard InChI is InChI=1S/C18H21NO5S/c1-13(2)24-15-10-8-14(9-11-15)17(12-18(20)21)19-25(22,23)16-6-4-3-5-7-16/h3-11,13,17,19H,12H2,1-2H3,(H,20,21)/t17-/m0/s1. The average molecular weight is 363 g/mol. The van der Waals surface area contributed by atoms with Gasteiger partial charge in [0.15, 0.2) is 0 Å². The molecule has 7 heteroatoms. The van der Waals surface area contributed by atoms with Crippen LogP contribution in [0.3, 0.4) is 0 Å². The van der Waals surface area contributed by atoms with E-state index in [1.54, 1.807) is 42.5 Å². The summed E-state index contributed by atoms with van der Waals surface area (Å²) in [7, 11) is -3.83. The van der Waals surface area contributed by atoms with Gasteiger partial charge in [0.25, 0.3) is 0 Å². The number of nitrogens with one attached hydrogen (secondary N) is 1. The van der Waals surface area contributed by atoms with Gasteiger partial charge in [-0.15, -0.1) is 0 Å². The first-order chi connectivity index (χ1) is 11.8. The molecule has 0 aliphatic rings. The number of rotatable bonds is 8. The van der Waals surface area contributed by atoms with Crippen molar-refractivity contribution in [2.45, 2.75) is 37.3 Å². The van der Waals surface area contributed by atoms with Crippen molar-refractivity contribution < 1.29 is 23.1 Å². The molecule has 0 saturated carbocycles. The van der Waals surface area contributed by atoms with E-state index in [0.717, 1.165) is 0 Å². The molecule has 2 rings (SSSR count). The largest absolute Gasteiger partial charge is 0.491 e. The van der Waals surface area contributed by atoms with Crippen molar-refractivity contribution in [2.75, 3.05) is 0 Å². The fraction of sp³-hybridized carbons (Fsp3) is 0.278. The minimum atomic E-state index is -3.83. The van der Waals surface area contributed by atoms with Gasteiger partial charge in [-0.1, -0.05) is 30.3 Å². The molecule has 2 N–H and O–H groups in total. The van der Waals surface area contributed by atoms with E-state index in [4.69, 9.17) is 9.84 Å². The first-order valence-electron chi connectivity index (χ1n) is 7.84. The predicted molar refractivity (Wildman–Crippen MR) is 94.0 cm³/mol. The maximum Gasteiger partial charge on any atom is 0.305 e. The van der Waals surface area contributed by atoms with Crippen molar-refractivity contribution in [1.82, 2.24) is 4.72 Å². The summed E-state index contributed by atoms with van der Waals surface area (Å²) in [5, 5.41) is 9.13. The molecule has 0 aliphatic heterocycles. The van der Waals surface area contributed by atoms with Crippen LogP contribution in [0, 0.1) is 0 Å². The highest BCUT2D eigenvalue weighted by Crippen LogP contribution is 2.23. The molecule has 1 atom stereocenters. The summed E-state index contributed by atoms with van der Waals surface area (Å²) in [5.41, 5.74) is 0.554. The van der Waals surface area contributed by atoms with E-state index in [2.05, 4.69) is 4.72 Å². The van der Waals surface area contributed by atoms with Gasteiger partial charge in [0, 0.05) is 0 Å². The predicted octanol–water partition coefficient (Wildman–Crippen LogP) is 2.97. The molecule has 0 fully saturated rings. The van der Waals surface area contributed by atoms with Gasteiger partial charge in [-0.3, -0.25) is 4.79 Å². The molecular weight excluding hydrogens is 342 g/mol. The SMILES string of the molecule is CC(C)Oc1ccc([C@H](CC(=O)O)NS(=O)(=O)c2ccccc2)cc1. The molecule has 0 aromatic heterocycles. The van der Waals surface area contributed by atoms with Gasteiger partial charge in [0.05, 0.1) is 23.5 Å². The molecule has 2 aromatic rings. The number of aliphatic carboxylic acids is 1. The van der Waals surface area contributed by atoms with E-state index in [1.807, 2.05) is 13.8 Å². The van der Waals surface area contributed by atoms with Gasteiger partial charge in [0.2, 0.25) is 10.0 Å². The molecule has 134 valence electrons. The third-order valence-corrected chi connectivity index (χ3v) is 4.87. The third-order valence-electron chi connectivity index (χ3n) is 3.38. The Morgan fingerprint density at radius 1 is 1.08 bits per heavy atom. The number of ether oxygens (including phenoxy) is 1. The number of carboxylic acid groups (broad SMARTS) is 1. The zero-order valence-corrected chi connectivity index (χ0v) is 14.9. The van der Waals surface area contributed by atoms with Crippen molar-refractivity contribution in [3.63, 3.8) is 0 Å². The Hall–Kier alpha value is -2.38. The molecule has 2 aromatic carbocycles. The van der Waals surface area contributed by atoms with Gasteiger partial charge >= 0.3 is 5.97 Å². The number of carbonyl (C=O) groups is 1. The fourth-order valence-corrected chi connectivity index (χ4v) is 3.55. The molecule has 0 bridgehead atoms. The summed E-state index contributed by atoms with van der Waals surface area (Å²) in [6.45, 7) is 3.80. The van der Waals surface area contributed by atoms with Crippen molar-refractivity contribution in [3.8, 4) is 5.75 Å². The molecule has 25 heavy (non-hydrogen) atoms. The van der Waals surface area contributed by atoms with Crippen molar-refractivity contribution in [3.05, 3.63) is 60.2 Å². The van der Waals surface area contributed by atoms with E-state index in [1.165, 1.54) is 12.1 Å². The lowest BCUT2D eigenvalue weighted by atomic mass is 10.0. The zero-order chi connectivity index (χ0) is 18.4. The van der Waals surface area contributed by atoms with E-state index in [-0.39, 0.29) is 17.4 Å². The van der Waals surface area contributed by atoms with E-state index in [9.17, 15) is 13.2 Å². The second-order valence-corrected chi connectivity index (χ2v) is 7.53. The van der Waals surface area contributed by atoms with E-state index >= 15 is 0 Å². The summed E-state index contributed by atoms with van der Waals surface area (Å²) in [4.78, 5) is 11.2. The Morgan fingerprint density at radius 3 is 2.20 bits per heavy atom. The Bertz CT molecular complexity index is 801. The normalized spacial score (nSPS) is 12.8. The molecule has 0 saturated heterocycles. The maximum atomic E-state index is 12.5. The van der Waals surface area contributed by atoms with E-state index in [0.29, 0.717) is 11.3 Å². The Morgan fingerprint density at radius 2 is 1.68 bits per heavy atom. The van der Waals surface area contributed by atoms with Crippen LogP contribution in [0.5, 0.6) is 5.75 Å². The molecule has 0 aliphatic carbocycles. The van der Waals surface area contributed by atoms with Crippen LogP contribution in [0.1, 0.15) is 31.9 Å². The average Bonchev–Trinajstić information content (AvgIpc) is 2.54. The van der Waals surface area contributed by atoms with Gasteiger partial charge < -0.3 is 9.84 Å². The topological polar surface area (TPSA) is 92.7 Å². The zero-order valence-electron chi connectivity index (χ0n) is 14.0. The lowest BCUT2D eigenvalue weighted by molar-refractivity contribution is -0.137. The monoisotopic (exact) mass is 363 g/mol. The van der Waals surface area contributed by atoms with Crippen molar-refractivity contribution >= 4 is 16.0 Å². The van der Waals surface area contributed by atoms with Crippen molar-refractivity contribution in [1.29, 1.82) is 0 Å². The highest BCUT2D eigenvalue weighted by Gasteiger charge is 2.23. The van der Waals surface area contributed by atoms with Gasteiger partial charge in [0.1, 0.15) is 5.75 Å². The smallest absolute Gasteiger partial charge is 0.305 e. The fourth-order valence-electron chi connectivity index (χ4n) is 2.31. The Labute approximate surface area is 147 Å². The highest BCUT2D eigenvalue weighted by atomic mass is 32.2. The summed E-state index contributed by atoms with van der Waals surface area (Å²) >= 11 is 0. The second kappa shape index (κ2) is 8.13. The minimum Gasteiger partial charge on any atom is -0.491 e. The van der Waals surface area contributed by atoms with Crippen LogP contribution in [0.4, 0.5) is 0 Å². The van der Waals surface area contributed by atoms with Crippen LogP contribution in [-0.2, 0) is 14.8 Å². The number of hydrogen-bond acceptors (Lipinski definition) is 4. The third kappa shape index (κ3) is 5.58. The molecule has 0 unspecified atom stereocenters. The van der Waals surface area contributed by atoms with Crippen LogP contribution in [-0.4, -0.2) is 25.6 Å². The number of benzene rings is 2. The van der Waals surface area contributed by atoms with Crippen LogP contribution in [0.15, 0.2) is 59.5 Å². The van der Waals surface area contributed by atoms with Crippen molar-refractivity contribution in [2.24, 2.45) is 0 Å². The lowest BCUT2D eigenvalue weighted by Gasteiger charge is -2.18. The number of hydrogen-bond donors (Lipinski definition) is 2. The van der Waals surface area contributed by atoms with Crippen LogP contribution in [0.2, 0.25) is 0 Å². The first-order valence-corrected chi connectivity index (χ1v) is 9.32. The number of sulfonamides is 1. The highest BCUT2D eigenvalue weighted by molar-refractivity contribution is 7.89. The van der Waals surface area contributed by atoms with Gasteiger partial charge in [-0.25, -0.2) is 13.1 Å². The van der Waals surface area contributed by atoms with Gasteiger partial charge in [-0.05, 0) is 43.7 Å². The molecular formula is C18H21NO5S. The quantitative estimate of drug-likeness (QED) is 0.752. The van der Waals surface area contributed by atoms with Crippen LogP contribution in [0.25, 0.3) is 0 Å². The van der Waals surface area contributed by atoms with Gasteiger partial charge in [-0.2, -0.15) is 0 Å². The Kier molecular flexibility index (Phi) is 6.17. The van der Waals surface area contributed by atoms with Crippen LogP contribution < -0.4 is 9.46 Å². The summed E-state index contributed by atoms with van der Waals surface area (Å²) < 4.78 is 33.0. The summed E-state index contributed by atoms with van der Waals surface area (Å²) in [6, 6.07) is 13.7. The molecule has 0 heterocycles. The second-order valence-electron chi connectivity index (χ2n) is 5.82. The molecule has 0 spiro atoms. The molecule has 0 radical (unpaired) electrons. The van der Waals surface area contributed by atoms with Crippen LogP contribution >= 0.6 is 0 Å².